The first-order chi connectivity index (χ1) is 8.39. The second kappa shape index (κ2) is 4.90. The molecule has 0 saturated carbocycles. The molecule has 1 aliphatic rings. The standard InChI is InChI=1S/C13H16BrNO3/c1-13(2)8-15(5-6-18-13)12(17)10-4-3-9(14)7-11(10)16/h3-4,7,16H,5-6,8H2,1-2H3. The number of phenols is 1. The Morgan fingerprint density at radius 3 is 2.83 bits per heavy atom. The highest BCUT2D eigenvalue weighted by Gasteiger charge is 2.31. The van der Waals surface area contributed by atoms with Gasteiger partial charge in [0.1, 0.15) is 5.75 Å². The quantitative estimate of drug-likeness (QED) is 0.866. The van der Waals surface area contributed by atoms with E-state index in [1.54, 1.807) is 17.0 Å². The van der Waals surface area contributed by atoms with Crippen molar-refractivity contribution in [3.05, 3.63) is 28.2 Å². The van der Waals surface area contributed by atoms with Crippen molar-refractivity contribution in [1.29, 1.82) is 0 Å². The van der Waals surface area contributed by atoms with E-state index in [4.69, 9.17) is 4.74 Å². The molecule has 1 amide bonds. The third-order valence-electron chi connectivity index (χ3n) is 2.90. The molecule has 0 aromatic heterocycles. The van der Waals surface area contributed by atoms with Gasteiger partial charge < -0.3 is 14.7 Å². The Kier molecular flexibility index (Phi) is 3.64. The van der Waals surface area contributed by atoms with Crippen molar-refractivity contribution in [1.82, 2.24) is 4.90 Å². The molecule has 1 aromatic carbocycles. The summed E-state index contributed by atoms with van der Waals surface area (Å²) in [6.07, 6.45) is 0. The molecule has 4 nitrogen and oxygen atoms in total. The van der Waals surface area contributed by atoms with E-state index in [-0.39, 0.29) is 17.3 Å². The van der Waals surface area contributed by atoms with Crippen molar-refractivity contribution in [2.24, 2.45) is 0 Å². The van der Waals surface area contributed by atoms with Gasteiger partial charge in [0, 0.05) is 17.6 Å². The van der Waals surface area contributed by atoms with Crippen molar-refractivity contribution < 1.29 is 14.6 Å². The Balaban J connectivity index is 2.20. The Morgan fingerprint density at radius 2 is 2.22 bits per heavy atom. The number of nitrogens with zero attached hydrogens (tertiary/aromatic N) is 1. The van der Waals surface area contributed by atoms with Gasteiger partial charge in [-0.15, -0.1) is 0 Å². The molecular formula is C13H16BrNO3. The zero-order chi connectivity index (χ0) is 13.3. The number of ether oxygens (including phenoxy) is 1. The van der Waals surface area contributed by atoms with Gasteiger partial charge in [-0.25, -0.2) is 0 Å². The maximum absolute atomic E-state index is 12.3. The van der Waals surface area contributed by atoms with Crippen molar-refractivity contribution in [2.75, 3.05) is 19.7 Å². The van der Waals surface area contributed by atoms with Gasteiger partial charge in [-0.1, -0.05) is 15.9 Å². The van der Waals surface area contributed by atoms with Crippen LogP contribution in [0.5, 0.6) is 5.75 Å². The molecule has 1 fully saturated rings. The van der Waals surface area contributed by atoms with E-state index in [1.165, 1.54) is 6.07 Å². The predicted molar refractivity (Wildman–Crippen MR) is 71.7 cm³/mol. The molecule has 1 heterocycles. The van der Waals surface area contributed by atoms with Gasteiger partial charge >= 0.3 is 0 Å². The lowest BCUT2D eigenvalue weighted by Crippen LogP contribution is -2.50. The molecule has 0 atom stereocenters. The summed E-state index contributed by atoms with van der Waals surface area (Å²) in [6, 6.07) is 4.90. The normalized spacial score (nSPS) is 18.7. The number of carbonyl (C=O) groups excluding carboxylic acids is 1. The molecular weight excluding hydrogens is 298 g/mol. The molecule has 0 bridgehead atoms. The van der Waals surface area contributed by atoms with E-state index in [1.807, 2.05) is 13.8 Å². The van der Waals surface area contributed by atoms with E-state index in [0.29, 0.717) is 25.3 Å². The van der Waals surface area contributed by atoms with Crippen LogP contribution in [0.2, 0.25) is 0 Å². The van der Waals surface area contributed by atoms with Crippen LogP contribution in [0.3, 0.4) is 0 Å². The number of amides is 1. The summed E-state index contributed by atoms with van der Waals surface area (Å²) in [7, 11) is 0. The van der Waals surface area contributed by atoms with Crippen LogP contribution in [0, 0.1) is 0 Å². The van der Waals surface area contributed by atoms with Gasteiger partial charge in [0.05, 0.1) is 17.8 Å². The summed E-state index contributed by atoms with van der Waals surface area (Å²) in [4.78, 5) is 14.0. The lowest BCUT2D eigenvalue weighted by Gasteiger charge is -2.38. The minimum Gasteiger partial charge on any atom is -0.507 e. The molecule has 1 saturated heterocycles. The largest absolute Gasteiger partial charge is 0.507 e. The highest BCUT2D eigenvalue weighted by atomic mass is 79.9. The number of carbonyl (C=O) groups is 1. The highest BCUT2D eigenvalue weighted by Crippen LogP contribution is 2.25. The zero-order valence-electron chi connectivity index (χ0n) is 10.4. The summed E-state index contributed by atoms with van der Waals surface area (Å²) >= 11 is 3.25. The number of morpholine rings is 1. The number of benzene rings is 1. The van der Waals surface area contributed by atoms with Gasteiger partial charge in [0.2, 0.25) is 0 Å². The third-order valence-corrected chi connectivity index (χ3v) is 3.40. The van der Waals surface area contributed by atoms with E-state index in [2.05, 4.69) is 15.9 Å². The Hall–Kier alpha value is -1.07. The predicted octanol–water partition coefficient (Wildman–Crippen LogP) is 2.41. The molecule has 1 aromatic rings. The fraction of sp³-hybridized carbons (Fsp3) is 0.462. The monoisotopic (exact) mass is 313 g/mol. The molecule has 0 aliphatic carbocycles. The number of phenolic OH excluding ortho intramolecular Hbond substituents is 1. The second-order valence-electron chi connectivity index (χ2n) is 5.00. The minimum absolute atomic E-state index is 0.00123. The summed E-state index contributed by atoms with van der Waals surface area (Å²) in [6.45, 7) is 5.51. The van der Waals surface area contributed by atoms with Crippen LogP contribution in [-0.2, 0) is 4.74 Å². The number of hydrogen-bond donors (Lipinski definition) is 1. The first-order valence-corrected chi connectivity index (χ1v) is 6.60. The average molecular weight is 314 g/mol. The van der Waals surface area contributed by atoms with Gasteiger partial charge in [-0.05, 0) is 32.0 Å². The van der Waals surface area contributed by atoms with Crippen molar-refractivity contribution in [3.8, 4) is 5.75 Å². The van der Waals surface area contributed by atoms with E-state index < -0.39 is 0 Å². The summed E-state index contributed by atoms with van der Waals surface area (Å²) < 4.78 is 6.32. The maximum atomic E-state index is 12.3. The topological polar surface area (TPSA) is 49.8 Å². The van der Waals surface area contributed by atoms with Crippen LogP contribution in [0.4, 0.5) is 0 Å². The molecule has 0 radical (unpaired) electrons. The van der Waals surface area contributed by atoms with Crippen LogP contribution < -0.4 is 0 Å². The van der Waals surface area contributed by atoms with Crippen molar-refractivity contribution >= 4 is 21.8 Å². The number of halogens is 1. The molecule has 1 aliphatic heterocycles. The molecule has 5 heteroatoms. The maximum Gasteiger partial charge on any atom is 0.257 e. The molecule has 0 spiro atoms. The molecule has 2 rings (SSSR count). The minimum atomic E-state index is -0.334. The second-order valence-corrected chi connectivity index (χ2v) is 5.91. The molecule has 0 unspecified atom stereocenters. The lowest BCUT2D eigenvalue weighted by molar-refractivity contribution is -0.0764. The number of hydrogen-bond acceptors (Lipinski definition) is 3. The Morgan fingerprint density at radius 1 is 1.50 bits per heavy atom. The molecule has 1 N–H and O–H groups in total. The molecule has 98 valence electrons. The van der Waals surface area contributed by atoms with E-state index in [9.17, 15) is 9.90 Å². The average Bonchev–Trinajstić information content (AvgIpc) is 2.27. The van der Waals surface area contributed by atoms with Crippen LogP contribution in [-0.4, -0.2) is 41.2 Å². The first-order valence-electron chi connectivity index (χ1n) is 5.81. The first kappa shape index (κ1) is 13.4. The number of rotatable bonds is 1. The highest BCUT2D eigenvalue weighted by molar-refractivity contribution is 9.10. The van der Waals surface area contributed by atoms with E-state index in [0.717, 1.165) is 4.47 Å². The molecule has 18 heavy (non-hydrogen) atoms. The Labute approximate surface area is 115 Å². The van der Waals surface area contributed by atoms with Crippen LogP contribution >= 0.6 is 15.9 Å². The van der Waals surface area contributed by atoms with Crippen molar-refractivity contribution in [3.63, 3.8) is 0 Å². The SMILES string of the molecule is CC1(C)CN(C(=O)c2ccc(Br)cc2O)CCO1. The van der Waals surface area contributed by atoms with Gasteiger partial charge in [-0.2, -0.15) is 0 Å². The zero-order valence-corrected chi connectivity index (χ0v) is 12.0. The van der Waals surface area contributed by atoms with Crippen LogP contribution in [0.15, 0.2) is 22.7 Å². The van der Waals surface area contributed by atoms with Crippen molar-refractivity contribution in [2.45, 2.75) is 19.4 Å². The number of aromatic hydroxyl groups is 1. The fourth-order valence-electron chi connectivity index (χ4n) is 2.05. The summed E-state index contributed by atoms with van der Waals surface area (Å²) in [5.41, 5.74) is -0.00489. The fourth-order valence-corrected chi connectivity index (χ4v) is 2.39. The smallest absolute Gasteiger partial charge is 0.257 e. The van der Waals surface area contributed by atoms with Gasteiger partial charge in [0.25, 0.3) is 5.91 Å². The lowest BCUT2D eigenvalue weighted by atomic mass is 10.1. The summed E-state index contributed by atoms with van der Waals surface area (Å²) in [5.74, 6) is -0.157. The van der Waals surface area contributed by atoms with E-state index >= 15 is 0 Å². The van der Waals surface area contributed by atoms with Crippen LogP contribution in [0.25, 0.3) is 0 Å². The summed E-state index contributed by atoms with van der Waals surface area (Å²) in [5, 5.41) is 9.81. The Bertz CT molecular complexity index is 473. The van der Waals surface area contributed by atoms with Gasteiger partial charge in [0.15, 0.2) is 0 Å². The third kappa shape index (κ3) is 2.84. The van der Waals surface area contributed by atoms with Gasteiger partial charge in [-0.3, -0.25) is 4.79 Å². The van der Waals surface area contributed by atoms with Crippen LogP contribution in [0.1, 0.15) is 24.2 Å².